The van der Waals surface area contributed by atoms with E-state index >= 15 is 0 Å². The van der Waals surface area contributed by atoms with E-state index in [9.17, 15) is 4.79 Å². The van der Waals surface area contributed by atoms with Crippen LogP contribution in [0.2, 0.25) is 0 Å². The Morgan fingerprint density at radius 3 is 2.73 bits per heavy atom. The van der Waals surface area contributed by atoms with Gasteiger partial charge >= 0.3 is 0 Å². The summed E-state index contributed by atoms with van der Waals surface area (Å²) in [5.74, 6) is 0.606. The van der Waals surface area contributed by atoms with E-state index in [2.05, 4.69) is 27.2 Å². The maximum atomic E-state index is 12.7. The molecule has 172 valence electrons. The highest BCUT2D eigenvalue weighted by molar-refractivity contribution is 6.04. The fourth-order valence-electron chi connectivity index (χ4n) is 4.36. The number of aryl methyl sites for hydroxylation is 1. The second-order valence-corrected chi connectivity index (χ2v) is 7.77. The zero-order chi connectivity index (χ0) is 23.7. The van der Waals surface area contributed by atoms with Crippen molar-refractivity contribution in [3.05, 3.63) is 62.2 Å². The Morgan fingerprint density at radius 2 is 2.06 bits per heavy atom. The Kier molecular flexibility index (Phi) is 5.97. The van der Waals surface area contributed by atoms with Crippen molar-refractivity contribution < 1.29 is 19.8 Å². The van der Waals surface area contributed by atoms with Crippen LogP contribution in [0, 0.1) is 24.0 Å². The summed E-state index contributed by atoms with van der Waals surface area (Å²) in [5, 5.41) is 19.7. The number of aromatic amines is 1. The number of nitrogens with one attached hydrogen (secondary N) is 1. The molecule has 0 spiro atoms. The fraction of sp³-hybridized carbons (Fsp3) is 0.318. The molecule has 2 N–H and O–H groups in total. The Morgan fingerprint density at radius 1 is 1.30 bits per heavy atom. The molecule has 33 heavy (non-hydrogen) atoms. The first-order valence-electron chi connectivity index (χ1n) is 10.3. The van der Waals surface area contributed by atoms with Gasteiger partial charge in [0.2, 0.25) is 5.88 Å². The molecule has 1 atom stereocenters. The first kappa shape index (κ1) is 22.2. The highest BCUT2D eigenvalue weighted by Crippen LogP contribution is 2.34. The summed E-state index contributed by atoms with van der Waals surface area (Å²) >= 11 is 0. The SMILES string of the molecule is COc1ncc(C)c(-c2ccc3c(c2)[nH]c(=O)c2cnn(C4CCOC4)c23)c1C.O=[N+]([O-])O. The van der Waals surface area contributed by atoms with Crippen LogP contribution in [0.25, 0.3) is 32.9 Å². The van der Waals surface area contributed by atoms with Gasteiger partial charge in [0.1, 0.15) is 0 Å². The summed E-state index contributed by atoms with van der Waals surface area (Å²) < 4.78 is 12.9. The van der Waals surface area contributed by atoms with Crippen molar-refractivity contribution in [2.45, 2.75) is 26.3 Å². The quantitative estimate of drug-likeness (QED) is 0.355. The van der Waals surface area contributed by atoms with E-state index in [4.69, 9.17) is 24.8 Å². The molecule has 5 rings (SSSR count). The van der Waals surface area contributed by atoms with Crippen molar-refractivity contribution in [2.75, 3.05) is 20.3 Å². The standard InChI is InChI=1S/C22H22N4O3.HNO3/c1-12-9-23-22(28-3)13(2)19(12)14-4-5-16-18(8-14)25-21(27)17-10-24-26(20(16)17)15-6-7-29-11-15;2-1(3)4/h4-5,8-10,15H,6-7,11H2,1-3H3,(H,25,27);(H,2,3,4). The van der Waals surface area contributed by atoms with Crippen LogP contribution >= 0.6 is 0 Å². The van der Waals surface area contributed by atoms with E-state index in [-0.39, 0.29) is 11.6 Å². The van der Waals surface area contributed by atoms with Gasteiger partial charge in [0.25, 0.3) is 10.6 Å². The third-order valence-corrected chi connectivity index (χ3v) is 5.76. The van der Waals surface area contributed by atoms with E-state index in [1.807, 2.05) is 30.8 Å². The second kappa shape index (κ2) is 8.87. The third-order valence-electron chi connectivity index (χ3n) is 5.76. The van der Waals surface area contributed by atoms with Crippen LogP contribution in [0.4, 0.5) is 0 Å². The average Bonchev–Trinajstić information content (AvgIpc) is 3.44. The summed E-state index contributed by atoms with van der Waals surface area (Å²) in [6, 6.07) is 6.32. The molecule has 1 saturated heterocycles. The minimum absolute atomic E-state index is 0.129. The van der Waals surface area contributed by atoms with Gasteiger partial charge in [0, 0.05) is 23.8 Å². The molecule has 11 nitrogen and oxygen atoms in total. The van der Waals surface area contributed by atoms with Crippen LogP contribution in [0.3, 0.4) is 0 Å². The predicted molar refractivity (Wildman–Crippen MR) is 120 cm³/mol. The number of pyridine rings is 2. The van der Waals surface area contributed by atoms with Crippen LogP contribution in [0.1, 0.15) is 23.6 Å². The van der Waals surface area contributed by atoms with Crippen molar-refractivity contribution in [3.63, 3.8) is 0 Å². The molecule has 11 heteroatoms. The molecule has 1 fully saturated rings. The monoisotopic (exact) mass is 453 g/mol. The Balaban J connectivity index is 0.000000601. The van der Waals surface area contributed by atoms with Gasteiger partial charge in [0.05, 0.1) is 42.4 Å². The number of aromatic nitrogens is 4. The van der Waals surface area contributed by atoms with E-state index in [0.717, 1.165) is 51.7 Å². The maximum Gasteiger partial charge on any atom is 0.291 e. The number of fused-ring (bicyclic) bond motifs is 3. The molecule has 3 aromatic heterocycles. The lowest BCUT2D eigenvalue weighted by molar-refractivity contribution is -0.742. The van der Waals surface area contributed by atoms with E-state index in [1.165, 1.54) is 0 Å². The summed E-state index contributed by atoms with van der Waals surface area (Å²) in [6.07, 6.45) is 4.37. The molecule has 0 radical (unpaired) electrons. The topological polar surface area (TPSA) is 145 Å². The molecule has 4 aromatic rings. The summed E-state index contributed by atoms with van der Waals surface area (Å²) in [7, 11) is 1.62. The minimum Gasteiger partial charge on any atom is -0.481 e. The zero-order valence-electron chi connectivity index (χ0n) is 18.4. The van der Waals surface area contributed by atoms with Crippen LogP contribution in [0.15, 0.2) is 35.4 Å². The number of methoxy groups -OCH3 is 1. The van der Waals surface area contributed by atoms with Crippen molar-refractivity contribution in [2.24, 2.45) is 0 Å². The molecule has 0 saturated carbocycles. The van der Waals surface area contributed by atoms with Crippen molar-refractivity contribution in [3.8, 4) is 17.0 Å². The van der Waals surface area contributed by atoms with Crippen LogP contribution < -0.4 is 10.3 Å². The van der Waals surface area contributed by atoms with Gasteiger partial charge in [-0.1, -0.05) is 12.1 Å². The number of nitrogens with zero attached hydrogens (tertiary/aromatic N) is 4. The zero-order valence-corrected chi connectivity index (χ0v) is 18.4. The first-order valence-corrected chi connectivity index (χ1v) is 10.3. The molecule has 0 bridgehead atoms. The van der Waals surface area contributed by atoms with Gasteiger partial charge in [0.15, 0.2) is 0 Å². The van der Waals surface area contributed by atoms with E-state index in [1.54, 1.807) is 13.3 Å². The summed E-state index contributed by atoms with van der Waals surface area (Å²) in [4.78, 5) is 28.5. The van der Waals surface area contributed by atoms with Crippen LogP contribution in [-0.2, 0) is 4.74 Å². The first-order chi connectivity index (χ1) is 15.8. The molecule has 0 amide bonds. The van der Waals surface area contributed by atoms with Gasteiger partial charge in [-0.15, -0.1) is 10.1 Å². The predicted octanol–water partition coefficient (Wildman–Crippen LogP) is 3.18. The highest BCUT2D eigenvalue weighted by atomic mass is 16.9. The summed E-state index contributed by atoms with van der Waals surface area (Å²) in [6.45, 7) is 5.37. The number of hydrogen-bond donors (Lipinski definition) is 2. The lowest BCUT2D eigenvalue weighted by Gasteiger charge is -2.14. The molecule has 4 heterocycles. The van der Waals surface area contributed by atoms with E-state index < -0.39 is 5.09 Å². The second-order valence-electron chi connectivity index (χ2n) is 7.77. The number of hydrogen-bond acceptors (Lipinski definition) is 7. The Labute approximate surface area is 187 Å². The van der Waals surface area contributed by atoms with Crippen LogP contribution in [0.5, 0.6) is 5.88 Å². The molecule has 1 aliphatic rings. The molecular formula is C22H23N5O6. The maximum absolute atomic E-state index is 12.7. The number of H-pyrrole nitrogens is 1. The number of ether oxygens (including phenoxy) is 2. The highest BCUT2D eigenvalue weighted by Gasteiger charge is 2.22. The van der Waals surface area contributed by atoms with Crippen molar-refractivity contribution in [1.29, 1.82) is 0 Å². The van der Waals surface area contributed by atoms with E-state index in [0.29, 0.717) is 17.9 Å². The third kappa shape index (κ3) is 4.10. The molecule has 1 aromatic carbocycles. The van der Waals surface area contributed by atoms with Gasteiger partial charge in [-0.3, -0.25) is 9.48 Å². The fourth-order valence-corrected chi connectivity index (χ4v) is 4.36. The largest absolute Gasteiger partial charge is 0.481 e. The molecule has 0 aliphatic carbocycles. The number of benzene rings is 1. The number of rotatable bonds is 3. The van der Waals surface area contributed by atoms with Crippen LogP contribution in [-0.4, -0.2) is 50.4 Å². The molecule has 1 aliphatic heterocycles. The Hall–Kier alpha value is -3.99. The lowest BCUT2D eigenvalue weighted by atomic mass is 9.96. The summed E-state index contributed by atoms with van der Waals surface area (Å²) in [5.41, 5.74) is 5.64. The minimum atomic E-state index is -1.50. The van der Waals surface area contributed by atoms with Gasteiger partial charge in [-0.05, 0) is 43.0 Å². The van der Waals surface area contributed by atoms with Gasteiger partial charge in [-0.25, -0.2) is 4.98 Å². The normalized spacial score (nSPS) is 15.4. The molecular weight excluding hydrogens is 430 g/mol. The lowest BCUT2D eigenvalue weighted by Crippen LogP contribution is -2.12. The average molecular weight is 453 g/mol. The smallest absolute Gasteiger partial charge is 0.291 e. The van der Waals surface area contributed by atoms with Crippen molar-refractivity contribution >= 4 is 21.8 Å². The molecule has 1 unspecified atom stereocenters. The Bertz CT molecular complexity index is 1400. The van der Waals surface area contributed by atoms with Gasteiger partial charge < -0.3 is 19.7 Å². The van der Waals surface area contributed by atoms with Gasteiger partial charge in [-0.2, -0.15) is 5.10 Å². The van der Waals surface area contributed by atoms with Crippen molar-refractivity contribution in [1.82, 2.24) is 19.7 Å².